The highest BCUT2D eigenvalue weighted by Gasteiger charge is 2.31. The Labute approximate surface area is 167 Å². The van der Waals surface area contributed by atoms with E-state index in [2.05, 4.69) is 5.32 Å². The van der Waals surface area contributed by atoms with Crippen molar-refractivity contribution < 1.29 is 23.9 Å². The SMILES string of the molecule is COc1ccc(OC)c(C(=O)Nc2cccc3c2C(=O)c2ccccc2C3=O)c1. The van der Waals surface area contributed by atoms with Crippen LogP contribution in [0.3, 0.4) is 0 Å². The smallest absolute Gasteiger partial charge is 0.259 e. The standard InChI is InChI=1S/C23H17NO5/c1-28-13-10-11-19(29-2)17(12-13)23(27)24-18-9-5-8-16-20(18)22(26)15-7-4-3-6-14(15)21(16)25/h3-12H,1-2H3,(H,24,27). The van der Waals surface area contributed by atoms with Gasteiger partial charge in [-0.1, -0.05) is 36.4 Å². The van der Waals surface area contributed by atoms with Crippen LogP contribution in [0.2, 0.25) is 0 Å². The van der Waals surface area contributed by atoms with Crippen LogP contribution in [0, 0.1) is 0 Å². The first-order chi connectivity index (χ1) is 14.0. The molecular weight excluding hydrogens is 370 g/mol. The number of benzene rings is 3. The molecule has 4 rings (SSSR count). The molecule has 29 heavy (non-hydrogen) atoms. The summed E-state index contributed by atoms with van der Waals surface area (Å²) in [6.45, 7) is 0. The first kappa shape index (κ1) is 18.4. The summed E-state index contributed by atoms with van der Waals surface area (Å²) in [5, 5.41) is 2.75. The fourth-order valence-electron chi connectivity index (χ4n) is 3.43. The molecule has 0 heterocycles. The lowest BCUT2D eigenvalue weighted by Gasteiger charge is -2.20. The van der Waals surface area contributed by atoms with Crippen LogP contribution < -0.4 is 14.8 Å². The van der Waals surface area contributed by atoms with Gasteiger partial charge in [0.1, 0.15) is 11.5 Å². The van der Waals surface area contributed by atoms with Crippen molar-refractivity contribution in [1.29, 1.82) is 0 Å². The Morgan fingerprint density at radius 1 is 0.793 bits per heavy atom. The number of amides is 1. The van der Waals surface area contributed by atoms with Gasteiger partial charge in [-0.25, -0.2) is 0 Å². The number of hydrogen-bond donors (Lipinski definition) is 1. The van der Waals surface area contributed by atoms with E-state index >= 15 is 0 Å². The number of ether oxygens (including phenoxy) is 2. The van der Waals surface area contributed by atoms with E-state index in [1.807, 2.05) is 0 Å². The molecule has 0 saturated heterocycles. The maximum absolute atomic E-state index is 13.1. The highest BCUT2D eigenvalue weighted by molar-refractivity contribution is 6.30. The van der Waals surface area contributed by atoms with E-state index in [4.69, 9.17) is 9.47 Å². The third-order valence-corrected chi connectivity index (χ3v) is 4.85. The minimum absolute atomic E-state index is 0.186. The van der Waals surface area contributed by atoms with Crippen LogP contribution in [0.25, 0.3) is 0 Å². The van der Waals surface area contributed by atoms with Crippen molar-refractivity contribution in [3.63, 3.8) is 0 Å². The van der Waals surface area contributed by atoms with Crippen LogP contribution in [0.4, 0.5) is 5.69 Å². The second-order valence-electron chi connectivity index (χ2n) is 6.45. The first-order valence-electron chi connectivity index (χ1n) is 8.90. The number of carbonyl (C=O) groups is 3. The van der Waals surface area contributed by atoms with Crippen LogP contribution >= 0.6 is 0 Å². The topological polar surface area (TPSA) is 81.7 Å². The lowest BCUT2D eigenvalue weighted by Crippen LogP contribution is -2.24. The first-order valence-corrected chi connectivity index (χ1v) is 8.90. The van der Waals surface area contributed by atoms with Crippen LogP contribution in [0.5, 0.6) is 11.5 Å². The predicted molar refractivity (Wildman–Crippen MR) is 107 cm³/mol. The molecule has 144 valence electrons. The van der Waals surface area contributed by atoms with Gasteiger partial charge in [0.25, 0.3) is 5.91 Å². The van der Waals surface area contributed by atoms with Gasteiger partial charge in [-0.2, -0.15) is 0 Å². The Morgan fingerprint density at radius 2 is 1.48 bits per heavy atom. The molecule has 0 fully saturated rings. The van der Waals surface area contributed by atoms with E-state index in [1.165, 1.54) is 14.2 Å². The molecule has 0 spiro atoms. The minimum atomic E-state index is -0.478. The highest BCUT2D eigenvalue weighted by atomic mass is 16.5. The molecule has 6 nitrogen and oxygen atoms in total. The van der Waals surface area contributed by atoms with Crippen LogP contribution in [-0.4, -0.2) is 31.7 Å². The second-order valence-corrected chi connectivity index (χ2v) is 6.45. The number of methoxy groups -OCH3 is 2. The normalized spacial score (nSPS) is 12.1. The molecular formula is C23H17NO5. The van der Waals surface area contributed by atoms with Crippen LogP contribution in [-0.2, 0) is 0 Å². The average molecular weight is 387 g/mol. The quantitative estimate of drug-likeness (QED) is 0.577. The number of hydrogen-bond acceptors (Lipinski definition) is 5. The van der Waals surface area contributed by atoms with Gasteiger partial charge in [0, 0.05) is 16.7 Å². The van der Waals surface area contributed by atoms with Crippen molar-refractivity contribution in [3.05, 3.63) is 88.5 Å². The molecule has 0 radical (unpaired) electrons. The van der Waals surface area contributed by atoms with Crippen molar-refractivity contribution in [3.8, 4) is 11.5 Å². The zero-order chi connectivity index (χ0) is 20.5. The molecule has 6 heteroatoms. The summed E-state index contributed by atoms with van der Waals surface area (Å²) in [4.78, 5) is 38.9. The van der Waals surface area contributed by atoms with Gasteiger partial charge in [0.2, 0.25) is 0 Å². The van der Waals surface area contributed by atoms with Gasteiger partial charge >= 0.3 is 0 Å². The average Bonchev–Trinajstić information content (AvgIpc) is 2.76. The summed E-state index contributed by atoms with van der Waals surface area (Å²) < 4.78 is 10.4. The Balaban J connectivity index is 1.77. The maximum atomic E-state index is 13.1. The van der Waals surface area contributed by atoms with Gasteiger partial charge in [-0.15, -0.1) is 0 Å². The molecule has 0 bridgehead atoms. The Kier molecular flexibility index (Phi) is 4.60. The van der Waals surface area contributed by atoms with Crippen molar-refractivity contribution in [2.75, 3.05) is 19.5 Å². The molecule has 1 N–H and O–H groups in total. The lowest BCUT2D eigenvalue weighted by atomic mass is 9.83. The minimum Gasteiger partial charge on any atom is -0.497 e. The molecule has 0 unspecified atom stereocenters. The molecule has 3 aromatic carbocycles. The van der Waals surface area contributed by atoms with E-state index in [0.717, 1.165) is 0 Å². The van der Waals surface area contributed by atoms with Gasteiger partial charge in [0.15, 0.2) is 11.6 Å². The summed E-state index contributed by atoms with van der Waals surface area (Å²) in [6, 6.07) is 16.3. The summed E-state index contributed by atoms with van der Waals surface area (Å²) in [6.07, 6.45) is 0. The summed E-state index contributed by atoms with van der Waals surface area (Å²) in [5.41, 5.74) is 1.66. The maximum Gasteiger partial charge on any atom is 0.259 e. The zero-order valence-electron chi connectivity index (χ0n) is 15.8. The monoisotopic (exact) mass is 387 g/mol. The number of ketones is 2. The molecule has 0 saturated carbocycles. The van der Waals surface area contributed by atoms with Gasteiger partial charge in [-0.05, 0) is 24.3 Å². The van der Waals surface area contributed by atoms with Crippen LogP contribution in [0.1, 0.15) is 42.2 Å². The zero-order valence-corrected chi connectivity index (χ0v) is 15.8. The van der Waals surface area contributed by atoms with E-state index < -0.39 is 5.91 Å². The van der Waals surface area contributed by atoms with E-state index in [0.29, 0.717) is 22.6 Å². The molecule has 1 aliphatic carbocycles. The molecule has 0 atom stereocenters. The van der Waals surface area contributed by atoms with E-state index in [-0.39, 0.29) is 33.9 Å². The second kappa shape index (κ2) is 7.24. The lowest BCUT2D eigenvalue weighted by molar-refractivity contribution is 0.0978. The third kappa shape index (κ3) is 3.04. The van der Waals surface area contributed by atoms with Crippen LogP contribution in [0.15, 0.2) is 60.7 Å². The number of nitrogens with one attached hydrogen (secondary N) is 1. The van der Waals surface area contributed by atoms with Gasteiger partial charge < -0.3 is 14.8 Å². The third-order valence-electron chi connectivity index (χ3n) is 4.85. The van der Waals surface area contributed by atoms with E-state index in [1.54, 1.807) is 60.7 Å². The van der Waals surface area contributed by atoms with Crippen molar-refractivity contribution in [2.24, 2.45) is 0 Å². The van der Waals surface area contributed by atoms with E-state index in [9.17, 15) is 14.4 Å². The molecule has 0 aromatic heterocycles. The van der Waals surface area contributed by atoms with Gasteiger partial charge in [-0.3, -0.25) is 14.4 Å². The van der Waals surface area contributed by atoms with Crippen molar-refractivity contribution in [2.45, 2.75) is 0 Å². The number of fused-ring (bicyclic) bond motifs is 2. The molecule has 0 aliphatic heterocycles. The fraction of sp³-hybridized carbons (Fsp3) is 0.0870. The molecule has 1 aliphatic rings. The largest absolute Gasteiger partial charge is 0.497 e. The van der Waals surface area contributed by atoms with Crippen molar-refractivity contribution in [1.82, 2.24) is 0 Å². The molecule has 1 amide bonds. The predicted octanol–water partition coefficient (Wildman–Crippen LogP) is 3.73. The summed E-state index contributed by atoms with van der Waals surface area (Å²) in [7, 11) is 2.96. The highest BCUT2D eigenvalue weighted by Crippen LogP contribution is 2.33. The van der Waals surface area contributed by atoms with Gasteiger partial charge in [0.05, 0.1) is 31.0 Å². The fourth-order valence-corrected chi connectivity index (χ4v) is 3.43. The molecule has 3 aromatic rings. The van der Waals surface area contributed by atoms with Crippen molar-refractivity contribution >= 4 is 23.2 Å². The summed E-state index contributed by atoms with van der Waals surface area (Å²) >= 11 is 0. The Hall–Kier alpha value is -3.93. The number of rotatable bonds is 4. The number of anilines is 1. The summed E-state index contributed by atoms with van der Waals surface area (Å²) in [5.74, 6) is -0.172. The number of carbonyl (C=O) groups excluding carboxylic acids is 3. The Morgan fingerprint density at radius 3 is 2.17 bits per heavy atom. The Bertz CT molecular complexity index is 1170.